The molecule has 1 atom stereocenters. The molecule has 1 aliphatic rings. The molecule has 4 N–H and O–H groups in total. The monoisotopic (exact) mass is 322 g/mol. The lowest BCUT2D eigenvalue weighted by Crippen LogP contribution is -2.26. The first-order chi connectivity index (χ1) is 11.6. The predicted octanol–water partition coefficient (Wildman–Crippen LogP) is 1.17. The van der Waals surface area contributed by atoms with Crippen LogP contribution in [0.1, 0.15) is 34.1 Å². The Balaban J connectivity index is 1.88. The molecule has 0 spiro atoms. The molecule has 3 aromatic rings. The third kappa shape index (κ3) is 2.16. The number of aromatic amines is 1. The summed E-state index contributed by atoms with van der Waals surface area (Å²) in [6, 6.07) is 11.4. The second-order valence-corrected chi connectivity index (χ2v) is 5.53. The van der Waals surface area contributed by atoms with E-state index in [0.29, 0.717) is 11.4 Å². The van der Waals surface area contributed by atoms with Crippen LogP contribution in [0, 0.1) is 0 Å². The zero-order valence-electron chi connectivity index (χ0n) is 12.6. The standard InChI is InChI=1S/C16H14N6O2/c17-15(24)14-13-10(8-12(23)19-16(13)21-20-14)11-6-7-18-22(11)9-4-2-1-3-5-9/h1-7,10H,8H2,(H2,17,24)(H2,19,20,21,23). The number of amides is 2. The van der Waals surface area contributed by atoms with Crippen LogP contribution in [0.3, 0.4) is 0 Å². The Bertz CT molecular complexity index is 927. The van der Waals surface area contributed by atoms with E-state index in [9.17, 15) is 9.59 Å². The van der Waals surface area contributed by atoms with E-state index in [1.54, 1.807) is 10.9 Å². The first-order valence-corrected chi connectivity index (χ1v) is 7.42. The number of hydrogen-bond donors (Lipinski definition) is 3. The molecule has 0 saturated carbocycles. The second kappa shape index (κ2) is 5.34. The number of H-pyrrole nitrogens is 1. The molecule has 4 rings (SSSR count). The number of rotatable bonds is 3. The van der Waals surface area contributed by atoms with Gasteiger partial charge in [0, 0.05) is 24.1 Å². The van der Waals surface area contributed by atoms with Gasteiger partial charge in [0.15, 0.2) is 5.82 Å². The van der Waals surface area contributed by atoms with Crippen molar-refractivity contribution < 1.29 is 9.59 Å². The van der Waals surface area contributed by atoms with Crippen molar-refractivity contribution in [2.45, 2.75) is 12.3 Å². The van der Waals surface area contributed by atoms with Gasteiger partial charge in [-0.15, -0.1) is 0 Å². The maximum absolute atomic E-state index is 12.0. The molecule has 1 unspecified atom stereocenters. The van der Waals surface area contributed by atoms with Gasteiger partial charge in [-0.05, 0) is 18.2 Å². The van der Waals surface area contributed by atoms with Crippen molar-refractivity contribution in [2.24, 2.45) is 5.73 Å². The van der Waals surface area contributed by atoms with Crippen molar-refractivity contribution in [3.63, 3.8) is 0 Å². The summed E-state index contributed by atoms with van der Waals surface area (Å²) in [4.78, 5) is 23.7. The Labute approximate surface area is 136 Å². The van der Waals surface area contributed by atoms with Crippen LogP contribution >= 0.6 is 0 Å². The SMILES string of the molecule is NC(=O)c1[nH]nc2c1C(c1ccnn1-c1ccccc1)CC(=O)N2. The van der Waals surface area contributed by atoms with Crippen LogP contribution in [0.25, 0.3) is 5.69 Å². The summed E-state index contributed by atoms with van der Waals surface area (Å²) >= 11 is 0. The Morgan fingerprint density at radius 2 is 2.04 bits per heavy atom. The largest absolute Gasteiger partial charge is 0.364 e. The summed E-state index contributed by atoms with van der Waals surface area (Å²) < 4.78 is 1.75. The number of fused-ring (bicyclic) bond motifs is 1. The van der Waals surface area contributed by atoms with Crippen molar-refractivity contribution in [3.8, 4) is 5.69 Å². The molecule has 0 fully saturated rings. The average molecular weight is 322 g/mol. The molecule has 3 heterocycles. The highest BCUT2D eigenvalue weighted by Gasteiger charge is 2.35. The lowest BCUT2D eigenvalue weighted by Gasteiger charge is -2.23. The molecule has 8 heteroatoms. The Kier molecular flexibility index (Phi) is 3.16. The van der Waals surface area contributed by atoms with Gasteiger partial charge in [0.2, 0.25) is 5.91 Å². The molecule has 0 aliphatic carbocycles. The van der Waals surface area contributed by atoms with Gasteiger partial charge >= 0.3 is 0 Å². The van der Waals surface area contributed by atoms with Gasteiger partial charge in [0.25, 0.3) is 5.91 Å². The van der Waals surface area contributed by atoms with Crippen LogP contribution < -0.4 is 11.1 Å². The third-order valence-electron chi connectivity index (χ3n) is 4.08. The first-order valence-electron chi connectivity index (χ1n) is 7.42. The molecule has 24 heavy (non-hydrogen) atoms. The van der Waals surface area contributed by atoms with E-state index >= 15 is 0 Å². The molecular weight excluding hydrogens is 308 g/mol. The van der Waals surface area contributed by atoms with Crippen molar-refractivity contribution in [1.29, 1.82) is 0 Å². The van der Waals surface area contributed by atoms with E-state index in [1.807, 2.05) is 36.4 Å². The van der Waals surface area contributed by atoms with Crippen molar-refractivity contribution >= 4 is 17.6 Å². The van der Waals surface area contributed by atoms with Crippen molar-refractivity contribution in [3.05, 3.63) is 59.5 Å². The Morgan fingerprint density at radius 1 is 1.25 bits per heavy atom. The van der Waals surface area contributed by atoms with Gasteiger partial charge in [-0.2, -0.15) is 10.2 Å². The average Bonchev–Trinajstić information content (AvgIpc) is 3.21. The number of carbonyl (C=O) groups excluding carboxylic acids is 2. The zero-order chi connectivity index (χ0) is 16.7. The number of anilines is 1. The summed E-state index contributed by atoms with van der Waals surface area (Å²) in [5.74, 6) is -0.810. The summed E-state index contributed by atoms with van der Waals surface area (Å²) in [7, 11) is 0. The molecule has 2 aromatic heterocycles. The highest BCUT2D eigenvalue weighted by molar-refractivity contribution is 6.00. The van der Waals surface area contributed by atoms with Gasteiger partial charge in [-0.1, -0.05) is 18.2 Å². The highest BCUT2D eigenvalue weighted by Crippen LogP contribution is 2.38. The number of nitrogens with two attached hydrogens (primary N) is 1. The predicted molar refractivity (Wildman–Crippen MR) is 85.8 cm³/mol. The minimum atomic E-state index is -0.615. The molecule has 0 saturated heterocycles. The van der Waals surface area contributed by atoms with Crippen LogP contribution in [0.15, 0.2) is 42.6 Å². The number of para-hydroxylation sites is 1. The third-order valence-corrected chi connectivity index (χ3v) is 4.08. The van der Waals surface area contributed by atoms with Gasteiger partial charge in [-0.25, -0.2) is 4.68 Å². The van der Waals surface area contributed by atoms with E-state index in [0.717, 1.165) is 11.4 Å². The number of primary amides is 1. The van der Waals surface area contributed by atoms with Crippen molar-refractivity contribution in [2.75, 3.05) is 5.32 Å². The molecular formula is C16H14N6O2. The number of nitrogens with one attached hydrogen (secondary N) is 2. The van der Waals surface area contributed by atoms with Crippen molar-refractivity contribution in [1.82, 2.24) is 20.0 Å². The summed E-state index contributed by atoms with van der Waals surface area (Å²) in [5.41, 5.74) is 7.90. The topological polar surface area (TPSA) is 119 Å². The van der Waals surface area contributed by atoms with E-state index in [-0.39, 0.29) is 23.9 Å². The van der Waals surface area contributed by atoms with E-state index in [4.69, 9.17) is 5.73 Å². The highest BCUT2D eigenvalue weighted by atomic mass is 16.2. The van der Waals surface area contributed by atoms with E-state index < -0.39 is 5.91 Å². The molecule has 1 aromatic carbocycles. The first kappa shape index (κ1) is 14.2. The van der Waals surface area contributed by atoms with Gasteiger partial charge < -0.3 is 11.1 Å². The fourth-order valence-corrected chi connectivity index (χ4v) is 3.06. The smallest absolute Gasteiger partial charge is 0.267 e. The number of aromatic nitrogens is 4. The summed E-state index contributed by atoms with van der Waals surface area (Å²) in [6.07, 6.45) is 1.85. The lowest BCUT2D eigenvalue weighted by molar-refractivity contribution is -0.116. The summed E-state index contributed by atoms with van der Waals surface area (Å²) in [6.45, 7) is 0. The number of nitrogens with zero attached hydrogens (tertiary/aromatic N) is 3. The lowest BCUT2D eigenvalue weighted by atomic mass is 9.88. The second-order valence-electron chi connectivity index (χ2n) is 5.53. The number of carbonyl (C=O) groups is 2. The van der Waals surface area contributed by atoms with E-state index in [2.05, 4.69) is 20.6 Å². The molecule has 120 valence electrons. The molecule has 8 nitrogen and oxygen atoms in total. The van der Waals surface area contributed by atoms with Crippen LogP contribution in [0.5, 0.6) is 0 Å². The molecule has 0 bridgehead atoms. The quantitative estimate of drug-likeness (QED) is 0.670. The van der Waals surface area contributed by atoms with Gasteiger partial charge in [0.05, 0.1) is 11.4 Å². The van der Waals surface area contributed by atoms with Crippen LogP contribution in [-0.2, 0) is 4.79 Å². The van der Waals surface area contributed by atoms with Crippen LogP contribution in [0.4, 0.5) is 5.82 Å². The van der Waals surface area contributed by atoms with Gasteiger partial charge in [-0.3, -0.25) is 14.7 Å². The van der Waals surface area contributed by atoms with E-state index in [1.165, 1.54) is 0 Å². The van der Waals surface area contributed by atoms with Gasteiger partial charge in [0.1, 0.15) is 5.69 Å². The Hall–Kier alpha value is -3.42. The maximum Gasteiger partial charge on any atom is 0.267 e. The normalized spacial score (nSPS) is 16.5. The fraction of sp³-hybridized carbons (Fsp3) is 0.125. The number of benzene rings is 1. The minimum Gasteiger partial charge on any atom is -0.364 e. The maximum atomic E-state index is 12.0. The summed E-state index contributed by atoms with van der Waals surface area (Å²) in [5, 5.41) is 13.6. The van der Waals surface area contributed by atoms with Crippen LogP contribution in [-0.4, -0.2) is 31.8 Å². The fourth-order valence-electron chi connectivity index (χ4n) is 3.06. The minimum absolute atomic E-state index is 0.171. The van der Waals surface area contributed by atoms with Crippen LogP contribution in [0.2, 0.25) is 0 Å². The molecule has 1 aliphatic heterocycles. The molecule has 2 amide bonds. The Morgan fingerprint density at radius 3 is 2.79 bits per heavy atom. The zero-order valence-corrected chi connectivity index (χ0v) is 12.6. The molecule has 0 radical (unpaired) electrons. The number of hydrogen-bond acceptors (Lipinski definition) is 4.